The van der Waals surface area contributed by atoms with Crippen LogP contribution in [0, 0.1) is 0 Å². The maximum atomic E-state index is 12.7. The third kappa shape index (κ3) is 4.25. The average molecular weight is 402 g/mol. The molecule has 1 aromatic carbocycles. The van der Waals surface area contributed by atoms with Crippen LogP contribution in [0.25, 0.3) is 0 Å². The summed E-state index contributed by atoms with van der Waals surface area (Å²) >= 11 is 0. The Hall–Kier alpha value is -1.48. The summed E-state index contributed by atoms with van der Waals surface area (Å²) < 4.78 is 26.9. The van der Waals surface area contributed by atoms with Crippen molar-refractivity contribution in [2.24, 2.45) is 0 Å². The summed E-state index contributed by atoms with van der Waals surface area (Å²) in [6, 6.07) is 5.86. The largest absolute Gasteiger partial charge is 0.339 e. The number of piperazine rings is 1. The van der Waals surface area contributed by atoms with Gasteiger partial charge in [-0.25, -0.2) is 8.42 Å². The first-order valence-corrected chi connectivity index (χ1v) is 9.97. The lowest BCUT2D eigenvalue weighted by atomic mass is 10.2. The minimum absolute atomic E-state index is 0. The van der Waals surface area contributed by atoms with E-state index in [1.54, 1.807) is 4.90 Å². The molecule has 2 fully saturated rings. The van der Waals surface area contributed by atoms with Gasteiger partial charge in [-0.1, -0.05) is 12.1 Å². The first-order valence-electron chi connectivity index (χ1n) is 8.53. The number of benzene rings is 1. The SMILES string of the molecule is CC(=O)c1ccc(S(=O)(=O)N2CCN(C(=O)C3CCCN3)CC2)cc1.Cl. The van der Waals surface area contributed by atoms with Crippen LogP contribution in [0.1, 0.15) is 30.1 Å². The standard InChI is InChI=1S/C17H23N3O4S.ClH/c1-13(21)14-4-6-15(7-5-14)25(23,24)20-11-9-19(10-12-20)17(22)16-3-2-8-18-16;/h4-7,16,18H,2-3,8-12H2,1H3;1H. The van der Waals surface area contributed by atoms with Crippen molar-refractivity contribution in [3.05, 3.63) is 29.8 Å². The van der Waals surface area contributed by atoms with Gasteiger partial charge in [0.15, 0.2) is 5.78 Å². The molecule has 1 unspecified atom stereocenters. The lowest BCUT2D eigenvalue weighted by Gasteiger charge is -2.35. The van der Waals surface area contributed by atoms with Crippen LogP contribution in [0.15, 0.2) is 29.2 Å². The molecule has 2 aliphatic heterocycles. The van der Waals surface area contributed by atoms with Gasteiger partial charge in [0.2, 0.25) is 15.9 Å². The highest BCUT2D eigenvalue weighted by atomic mass is 35.5. The highest BCUT2D eigenvalue weighted by molar-refractivity contribution is 7.89. The number of ketones is 1. The molecule has 1 N–H and O–H groups in total. The minimum Gasteiger partial charge on any atom is -0.339 e. The molecule has 0 bridgehead atoms. The second-order valence-corrected chi connectivity index (χ2v) is 8.40. The molecular weight excluding hydrogens is 378 g/mol. The Morgan fingerprint density at radius 3 is 2.19 bits per heavy atom. The van der Waals surface area contributed by atoms with E-state index in [2.05, 4.69) is 5.32 Å². The molecule has 0 aliphatic carbocycles. The topological polar surface area (TPSA) is 86.8 Å². The van der Waals surface area contributed by atoms with Crippen LogP contribution in [0.2, 0.25) is 0 Å². The molecular formula is C17H24ClN3O4S. The van der Waals surface area contributed by atoms with E-state index in [4.69, 9.17) is 0 Å². The normalized spacial score (nSPS) is 21.3. The van der Waals surface area contributed by atoms with Crippen LogP contribution in [-0.4, -0.2) is 68.1 Å². The zero-order valence-corrected chi connectivity index (χ0v) is 16.3. The van der Waals surface area contributed by atoms with Gasteiger partial charge in [-0.05, 0) is 38.4 Å². The fourth-order valence-corrected chi connectivity index (χ4v) is 4.70. The van der Waals surface area contributed by atoms with E-state index in [0.29, 0.717) is 18.7 Å². The van der Waals surface area contributed by atoms with E-state index in [-0.39, 0.29) is 48.1 Å². The van der Waals surface area contributed by atoms with Crippen molar-refractivity contribution in [1.82, 2.24) is 14.5 Å². The molecule has 2 aliphatic rings. The van der Waals surface area contributed by atoms with E-state index in [1.807, 2.05) is 0 Å². The van der Waals surface area contributed by atoms with Crippen molar-refractivity contribution in [2.45, 2.75) is 30.7 Å². The Bertz CT molecular complexity index is 753. The van der Waals surface area contributed by atoms with Crippen molar-refractivity contribution < 1.29 is 18.0 Å². The number of hydrogen-bond acceptors (Lipinski definition) is 5. The summed E-state index contributed by atoms with van der Waals surface area (Å²) in [7, 11) is -3.60. The number of hydrogen-bond donors (Lipinski definition) is 1. The molecule has 0 radical (unpaired) electrons. The van der Waals surface area contributed by atoms with Gasteiger partial charge in [-0.15, -0.1) is 12.4 Å². The number of rotatable bonds is 4. The number of amides is 1. The maximum absolute atomic E-state index is 12.7. The van der Waals surface area contributed by atoms with Crippen molar-refractivity contribution in [2.75, 3.05) is 32.7 Å². The quantitative estimate of drug-likeness (QED) is 0.757. The predicted molar refractivity (Wildman–Crippen MR) is 100 cm³/mol. The first kappa shape index (κ1) is 20.8. The summed E-state index contributed by atoms with van der Waals surface area (Å²) in [5.41, 5.74) is 0.485. The molecule has 2 saturated heterocycles. The van der Waals surface area contributed by atoms with Crippen LogP contribution in [0.4, 0.5) is 0 Å². The fraction of sp³-hybridized carbons (Fsp3) is 0.529. The second-order valence-electron chi connectivity index (χ2n) is 6.46. The molecule has 0 aromatic heterocycles. The van der Waals surface area contributed by atoms with Gasteiger partial charge in [0, 0.05) is 31.7 Å². The zero-order valence-electron chi connectivity index (χ0n) is 14.7. The van der Waals surface area contributed by atoms with Gasteiger partial charge in [0.1, 0.15) is 0 Å². The molecule has 7 nitrogen and oxygen atoms in total. The number of nitrogens with zero attached hydrogens (tertiary/aromatic N) is 2. The van der Waals surface area contributed by atoms with Crippen molar-refractivity contribution in [3.8, 4) is 0 Å². The van der Waals surface area contributed by atoms with Crippen LogP contribution in [-0.2, 0) is 14.8 Å². The third-order valence-corrected chi connectivity index (χ3v) is 6.72. The van der Waals surface area contributed by atoms with E-state index in [1.165, 1.54) is 35.5 Å². The van der Waals surface area contributed by atoms with E-state index in [9.17, 15) is 18.0 Å². The van der Waals surface area contributed by atoms with Crippen molar-refractivity contribution in [3.63, 3.8) is 0 Å². The van der Waals surface area contributed by atoms with Gasteiger partial charge in [-0.3, -0.25) is 9.59 Å². The number of sulfonamides is 1. The summed E-state index contributed by atoms with van der Waals surface area (Å²) in [5, 5.41) is 3.18. The van der Waals surface area contributed by atoms with E-state index in [0.717, 1.165) is 19.4 Å². The second kappa shape index (κ2) is 8.47. The van der Waals surface area contributed by atoms with Gasteiger partial charge < -0.3 is 10.2 Å². The van der Waals surface area contributed by atoms with Crippen molar-refractivity contribution in [1.29, 1.82) is 0 Å². The Morgan fingerprint density at radius 2 is 1.69 bits per heavy atom. The third-order valence-electron chi connectivity index (χ3n) is 4.81. The number of nitrogens with one attached hydrogen (secondary N) is 1. The lowest BCUT2D eigenvalue weighted by Crippen LogP contribution is -2.54. The summed E-state index contributed by atoms with van der Waals surface area (Å²) in [6.07, 6.45) is 1.85. The summed E-state index contributed by atoms with van der Waals surface area (Å²) in [6.45, 7) is 3.69. The first-order chi connectivity index (χ1) is 11.9. The number of carbonyl (C=O) groups is 2. The van der Waals surface area contributed by atoms with Gasteiger partial charge >= 0.3 is 0 Å². The van der Waals surface area contributed by atoms with Crippen LogP contribution in [0.3, 0.4) is 0 Å². The molecule has 0 saturated carbocycles. The molecule has 1 amide bonds. The molecule has 1 aromatic rings. The Balaban J connectivity index is 0.00000243. The Labute approximate surface area is 160 Å². The zero-order chi connectivity index (χ0) is 18.0. The molecule has 9 heteroatoms. The fourth-order valence-electron chi connectivity index (χ4n) is 3.28. The molecule has 1 atom stereocenters. The molecule has 2 heterocycles. The highest BCUT2D eigenvalue weighted by Crippen LogP contribution is 2.19. The summed E-state index contributed by atoms with van der Waals surface area (Å²) in [5.74, 6) is -0.0306. The summed E-state index contributed by atoms with van der Waals surface area (Å²) in [4.78, 5) is 25.6. The predicted octanol–water partition coefficient (Wildman–Crippen LogP) is 0.896. The molecule has 144 valence electrons. The maximum Gasteiger partial charge on any atom is 0.243 e. The van der Waals surface area contributed by atoms with Gasteiger partial charge in [0.25, 0.3) is 0 Å². The Morgan fingerprint density at radius 1 is 1.08 bits per heavy atom. The molecule has 3 rings (SSSR count). The average Bonchev–Trinajstić information content (AvgIpc) is 3.16. The molecule has 26 heavy (non-hydrogen) atoms. The molecule has 0 spiro atoms. The number of Topliss-reactive ketones (excluding diaryl/α,β-unsaturated/α-hetero) is 1. The van der Waals surface area contributed by atoms with Gasteiger partial charge in [-0.2, -0.15) is 4.31 Å². The number of halogens is 1. The van der Waals surface area contributed by atoms with E-state index >= 15 is 0 Å². The number of carbonyl (C=O) groups excluding carboxylic acids is 2. The lowest BCUT2D eigenvalue weighted by molar-refractivity contribution is -0.134. The highest BCUT2D eigenvalue weighted by Gasteiger charge is 2.33. The minimum atomic E-state index is -3.60. The monoisotopic (exact) mass is 401 g/mol. The van der Waals surface area contributed by atoms with Crippen LogP contribution < -0.4 is 5.32 Å². The van der Waals surface area contributed by atoms with Gasteiger partial charge in [0.05, 0.1) is 10.9 Å². The Kier molecular flexibility index (Phi) is 6.79. The van der Waals surface area contributed by atoms with Crippen molar-refractivity contribution >= 4 is 34.1 Å². The smallest absolute Gasteiger partial charge is 0.243 e. The van der Waals surface area contributed by atoms with Crippen LogP contribution >= 0.6 is 12.4 Å². The van der Waals surface area contributed by atoms with Crippen LogP contribution in [0.5, 0.6) is 0 Å². The van der Waals surface area contributed by atoms with E-state index < -0.39 is 10.0 Å².